The highest BCUT2D eigenvalue weighted by atomic mass is 35.5. The third-order valence-electron chi connectivity index (χ3n) is 6.90. The second-order valence-corrected chi connectivity index (χ2v) is 9.67. The number of rotatable bonds is 5. The molecule has 2 aromatic rings. The van der Waals surface area contributed by atoms with Crippen molar-refractivity contribution in [2.24, 2.45) is 0 Å². The fraction of sp³-hybridized carbons (Fsp3) is 0.400. The van der Waals surface area contributed by atoms with Gasteiger partial charge in [-0.1, -0.05) is 35.9 Å². The third-order valence-corrected chi connectivity index (χ3v) is 7.30. The number of nitrogens with two attached hydrogens (primary N) is 1. The van der Waals surface area contributed by atoms with Crippen LogP contribution in [0.5, 0.6) is 0 Å². The van der Waals surface area contributed by atoms with Crippen LogP contribution in [0.4, 0.5) is 34.1 Å². The van der Waals surface area contributed by atoms with Gasteiger partial charge in [-0.05, 0) is 42.5 Å². The third kappa shape index (κ3) is 5.90. The van der Waals surface area contributed by atoms with E-state index in [1.54, 1.807) is 4.90 Å². The van der Waals surface area contributed by atoms with Crippen LogP contribution in [0.1, 0.15) is 29.5 Å². The van der Waals surface area contributed by atoms with Crippen LogP contribution < -0.4 is 16.4 Å². The average molecular weight is 554 g/mol. The van der Waals surface area contributed by atoms with E-state index in [-0.39, 0.29) is 30.8 Å². The summed E-state index contributed by atoms with van der Waals surface area (Å²) in [4.78, 5) is 40.6. The number of hydrogen-bond donors (Lipinski definition) is 4. The zero-order chi connectivity index (χ0) is 27.6. The van der Waals surface area contributed by atoms with E-state index in [2.05, 4.69) is 10.6 Å². The van der Waals surface area contributed by atoms with Crippen molar-refractivity contribution < 1.29 is 32.7 Å². The van der Waals surface area contributed by atoms with Crippen molar-refractivity contribution in [1.29, 1.82) is 0 Å². The van der Waals surface area contributed by atoms with E-state index in [1.807, 2.05) is 24.3 Å². The normalized spacial score (nSPS) is 17.3. The molecule has 1 saturated heterocycles. The first kappa shape index (κ1) is 27.4. The zero-order valence-corrected chi connectivity index (χ0v) is 21.0. The van der Waals surface area contributed by atoms with Gasteiger partial charge >= 0.3 is 24.2 Å². The molecule has 1 atom stereocenters. The number of nitrogens with zero attached hydrogens (tertiary/aromatic N) is 2. The fourth-order valence-electron chi connectivity index (χ4n) is 4.89. The smallest absolute Gasteiger partial charge is 0.418 e. The van der Waals surface area contributed by atoms with Crippen molar-refractivity contribution in [3.05, 3.63) is 58.1 Å². The Kier molecular flexibility index (Phi) is 7.91. The topological polar surface area (TPSA) is 128 Å². The number of piperidine rings is 1. The van der Waals surface area contributed by atoms with E-state index in [0.717, 1.165) is 23.4 Å². The summed E-state index contributed by atoms with van der Waals surface area (Å²) >= 11 is 5.78. The molecule has 2 aliphatic rings. The lowest BCUT2D eigenvalue weighted by Gasteiger charge is -2.38. The number of para-hydroxylation sites is 1. The van der Waals surface area contributed by atoms with E-state index in [4.69, 9.17) is 17.3 Å². The molecule has 0 spiro atoms. The molecule has 2 aliphatic heterocycles. The molecular formula is C25H27ClF3N5O4. The number of hydrogen-bond acceptors (Lipinski definition) is 4. The number of amides is 4. The lowest BCUT2D eigenvalue weighted by Crippen LogP contribution is -2.54. The van der Waals surface area contributed by atoms with Crippen molar-refractivity contribution in [2.45, 2.75) is 43.9 Å². The molecule has 1 fully saturated rings. The highest BCUT2D eigenvalue weighted by Crippen LogP contribution is 2.40. The number of halogens is 4. The van der Waals surface area contributed by atoms with Crippen molar-refractivity contribution in [2.75, 3.05) is 30.7 Å². The summed E-state index contributed by atoms with van der Waals surface area (Å²) in [6.45, 7) is 1.02. The average Bonchev–Trinajstić information content (AvgIpc) is 3.03. The predicted molar refractivity (Wildman–Crippen MR) is 135 cm³/mol. The standard InChI is InChI=1S/C25H27ClF3N5O4/c26-21-17(30)6-5-15(20(21)25(27,28)29)13-19(22(35)36)32-23(37)33-10-8-16(9-11-33)34-12-7-14-3-1-2-4-18(14)31-24(34)38/h1-6,16,19H,7-13,30H2,(H,31,38)(H,32,37)(H,35,36)/t19-/m1/s1. The van der Waals surface area contributed by atoms with Gasteiger partial charge in [0.15, 0.2) is 0 Å². The van der Waals surface area contributed by atoms with Crippen LogP contribution in [-0.2, 0) is 23.8 Å². The van der Waals surface area contributed by atoms with Gasteiger partial charge in [0.1, 0.15) is 6.04 Å². The summed E-state index contributed by atoms with van der Waals surface area (Å²) < 4.78 is 40.8. The number of urea groups is 2. The lowest BCUT2D eigenvalue weighted by molar-refractivity contribution is -0.141. The number of fused-ring (bicyclic) bond motifs is 1. The monoisotopic (exact) mass is 553 g/mol. The number of carboxylic acids is 1. The number of nitrogens with one attached hydrogen (secondary N) is 2. The SMILES string of the molecule is Nc1ccc(C[C@@H](NC(=O)N2CCC(N3CCc4ccccc4NC3=O)CC2)C(=O)O)c(C(F)(F)F)c1Cl. The molecule has 38 heavy (non-hydrogen) atoms. The second kappa shape index (κ2) is 11.0. The zero-order valence-electron chi connectivity index (χ0n) is 20.2. The van der Waals surface area contributed by atoms with Crippen LogP contribution >= 0.6 is 11.6 Å². The first-order valence-electron chi connectivity index (χ1n) is 12.0. The Morgan fingerprint density at radius 3 is 2.50 bits per heavy atom. The van der Waals surface area contributed by atoms with Crippen LogP contribution in [0.3, 0.4) is 0 Å². The fourth-order valence-corrected chi connectivity index (χ4v) is 5.18. The molecule has 0 radical (unpaired) electrons. The van der Waals surface area contributed by atoms with Gasteiger partial charge in [0.25, 0.3) is 0 Å². The van der Waals surface area contributed by atoms with Crippen LogP contribution in [-0.4, -0.2) is 64.7 Å². The molecule has 2 aromatic carbocycles. The molecule has 0 unspecified atom stereocenters. The minimum atomic E-state index is -4.86. The van der Waals surface area contributed by atoms with Gasteiger partial charge in [-0.2, -0.15) is 13.2 Å². The lowest BCUT2D eigenvalue weighted by atomic mass is 9.98. The number of carbonyl (C=O) groups is 3. The van der Waals surface area contributed by atoms with Gasteiger partial charge < -0.3 is 31.3 Å². The van der Waals surface area contributed by atoms with Crippen LogP contribution in [0.15, 0.2) is 36.4 Å². The minimum Gasteiger partial charge on any atom is -0.480 e. The number of likely N-dealkylation sites (tertiary alicyclic amines) is 1. The molecule has 204 valence electrons. The van der Waals surface area contributed by atoms with Crippen molar-refractivity contribution in [1.82, 2.24) is 15.1 Å². The van der Waals surface area contributed by atoms with Gasteiger partial charge in [-0.25, -0.2) is 14.4 Å². The Labute approximate surface area is 221 Å². The summed E-state index contributed by atoms with van der Waals surface area (Å²) in [5.41, 5.74) is 5.41. The van der Waals surface area contributed by atoms with Crippen molar-refractivity contribution in [3.8, 4) is 0 Å². The molecule has 5 N–H and O–H groups in total. The van der Waals surface area contributed by atoms with E-state index < -0.39 is 46.8 Å². The summed E-state index contributed by atoms with van der Waals surface area (Å²) in [5, 5.41) is 14.1. The Balaban J connectivity index is 1.38. The summed E-state index contributed by atoms with van der Waals surface area (Å²) in [6.07, 6.45) is -3.87. The number of nitrogen functional groups attached to an aromatic ring is 1. The van der Waals surface area contributed by atoms with Crippen LogP contribution in [0.25, 0.3) is 0 Å². The molecule has 0 aliphatic carbocycles. The summed E-state index contributed by atoms with van der Waals surface area (Å²) in [5.74, 6) is -1.49. The number of alkyl halides is 3. The minimum absolute atomic E-state index is 0.116. The number of anilines is 2. The van der Waals surface area contributed by atoms with Gasteiger partial charge in [-0.15, -0.1) is 0 Å². The number of benzene rings is 2. The molecule has 0 bridgehead atoms. The number of aliphatic carboxylic acids is 1. The Morgan fingerprint density at radius 2 is 1.84 bits per heavy atom. The van der Waals surface area contributed by atoms with Crippen molar-refractivity contribution in [3.63, 3.8) is 0 Å². The highest BCUT2D eigenvalue weighted by molar-refractivity contribution is 6.34. The van der Waals surface area contributed by atoms with Crippen LogP contribution in [0.2, 0.25) is 5.02 Å². The van der Waals surface area contributed by atoms with Gasteiger partial charge in [0, 0.05) is 37.8 Å². The first-order chi connectivity index (χ1) is 18.0. The largest absolute Gasteiger partial charge is 0.480 e. The Hall–Kier alpha value is -3.67. The van der Waals surface area contributed by atoms with Crippen molar-refractivity contribution >= 4 is 41.0 Å². The van der Waals surface area contributed by atoms with Gasteiger partial charge in [-0.3, -0.25) is 0 Å². The van der Waals surface area contributed by atoms with Gasteiger partial charge in [0.2, 0.25) is 0 Å². The molecular weight excluding hydrogens is 527 g/mol. The van der Waals surface area contributed by atoms with E-state index in [0.29, 0.717) is 25.8 Å². The molecule has 2 heterocycles. The molecule has 0 saturated carbocycles. The quantitative estimate of drug-likeness (QED) is 0.413. The Morgan fingerprint density at radius 1 is 1.16 bits per heavy atom. The summed E-state index contributed by atoms with van der Waals surface area (Å²) in [7, 11) is 0. The predicted octanol–water partition coefficient (Wildman–Crippen LogP) is 4.20. The number of carbonyl (C=O) groups excluding carboxylic acids is 2. The second-order valence-electron chi connectivity index (χ2n) is 9.29. The Bertz CT molecular complexity index is 1230. The van der Waals surface area contributed by atoms with E-state index >= 15 is 0 Å². The molecule has 4 amide bonds. The van der Waals surface area contributed by atoms with E-state index in [1.165, 1.54) is 4.90 Å². The first-order valence-corrected chi connectivity index (χ1v) is 12.4. The number of carboxylic acid groups (broad SMARTS) is 1. The molecule has 13 heteroatoms. The molecule has 4 rings (SSSR count). The van der Waals surface area contributed by atoms with E-state index in [9.17, 15) is 32.7 Å². The maximum atomic E-state index is 13.6. The molecule has 0 aromatic heterocycles. The van der Waals surface area contributed by atoms with Crippen LogP contribution in [0, 0.1) is 0 Å². The molecule has 9 nitrogen and oxygen atoms in total. The summed E-state index contributed by atoms with van der Waals surface area (Å²) in [6, 6.07) is 7.11. The highest BCUT2D eigenvalue weighted by Gasteiger charge is 2.38. The maximum absolute atomic E-state index is 13.6. The maximum Gasteiger partial charge on any atom is 0.418 e. The van der Waals surface area contributed by atoms with Gasteiger partial charge in [0.05, 0.1) is 16.3 Å².